The van der Waals surface area contributed by atoms with Gasteiger partial charge in [-0.15, -0.1) is 0 Å². The number of hydrogen-bond donors (Lipinski definition) is 2. The summed E-state index contributed by atoms with van der Waals surface area (Å²) in [6.07, 6.45) is 1.34. The number of nitrogens with zero attached hydrogens (tertiary/aromatic N) is 1. The first kappa shape index (κ1) is 11.5. The molecule has 14 heavy (non-hydrogen) atoms. The Morgan fingerprint density at radius 2 is 2.29 bits per heavy atom. The highest BCUT2D eigenvalue weighted by Crippen LogP contribution is 2.37. The highest BCUT2D eigenvalue weighted by atomic mass is 16.2. The van der Waals surface area contributed by atoms with Gasteiger partial charge < -0.3 is 4.90 Å². The number of hydrazine groups is 1. The molecular weight excluding hydrogens is 178 g/mol. The maximum Gasteiger partial charge on any atom is 0.237 e. The molecule has 0 bridgehead atoms. The van der Waals surface area contributed by atoms with Gasteiger partial charge in [-0.05, 0) is 25.3 Å². The van der Waals surface area contributed by atoms with Crippen molar-refractivity contribution >= 4 is 5.91 Å². The van der Waals surface area contributed by atoms with Crippen molar-refractivity contribution in [2.75, 3.05) is 20.1 Å². The third-order valence-electron chi connectivity index (χ3n) is 3.00. The first-order valence-corrected chi connectivity index (χ1v) is 5.23. The Kier molecular flexibility index (Phi) is 3.89. The molecule has 0 aromatic rings. The van der Waals surface area contributed by atoms with Gasteiger partial charge in [0.05, 0.1) is 0 Å². The van der Waals surface area contributed by atoms with E-state index in [-0.39, 0.29) is 11.8 Å². The second-order valence-corrected chi connectivity index (χ2v) is 4.60. The van der Waals surface area contributed by atoms with E-state index in [1.165, 1.54) is 6.42 Å². The smallest absolute Gasteiger partial charge is 0.237 e. The fourth-order valence-electron chi connectivity index (χ4n) is 1.82. The van der Waals surface area contributed by atoms with Crippen LogP contribution in [0.15, 0.2) is 0 Å². The minimum Gasteiger partial charge on any atom is -0.305 e. The summed E-state index contributed by atoms with van der Waals surface area (Å²) in [7, 11) is 2.06. The van der Waals surface area contributed by atoms with Gasteiger partial charge in [0.15, 0.2) is 0 Å². The van der Waals surface area contributed by atoms with Gasteiger partial charge in [0.2, 0.25) is 5.91 Å². The zero-order chi connectivity index (χ0) is 10.7. The van der Waals surface area contributed by atoms with Crippen LogP contribution in [0.25, 0.3) is 0 Å². The average molecular weight is 199 g/mol. The lowest BCUT2D eigenvalue weighted by atomic mass is 10.1. The zero-order valence-electron chi connectivity index (χ0n) is 9.29. The lowest BCUT2D eigenvalue weighted by Crippen LogP contribution is -2.40. The van der Waals surface area contributed by atoms with Crippen molar-refractivity contribution in [1.29, 1.82) is 0 Å². The topological polar surface area (TPSA) is 58.4 Å². The van der Waals surface area contributed by atoms with Gasteiger partial charge in [0.1, 0.15) is 0 Å². The molecule has 3 N–H and O–H groups in total. The molecular formula is C10H21N3O. The van der Waals surface area contributed by atoms with Gasteiger partial charge in [0.25, 0.3) is 0 Å². The summed E-state index contributed by atoms with van der Waals surface area (Å²) in [6, 6.07) is 0. The lowest BCUT2D eigenvalue weighted by Gasteiger charge is -2.20. The van der Waals surface area contributed by atoms with Gasteiger partial charge in [0, 0.05) is 19.0 Å². The summed E-state index contributed by atoms with van der Waals surface area (Å²) >= 11 is 0. The Labute approximate surface area is 85.8 Å². The second-order valence-electron chi connectivity index (χ2n) is 4.60. The molecule has 0 aromatic heterocycles. The Balaban J connectivity index is 2.18. The predicted molar refractivity (Wildman–Crippen MR) is 56.3 cm³/mol. The molecule has 3 unspecified atom stereocenters. The van der Waals surface area contributed by atoms with E-state index in [1.54, 1.807) is 0 Å². The summed E-state index contributed by atoms with van der Waals surface area (Å²) in [5.41, 5.74) is 2.18. The van der Waals surface area contributed by atoms with Gasteiger partial charge in [-0.25, -0.2) is 5.84 Å². The number of rotatable bonds is 5. The molecule has 3 atom stereocenters. The van der Waals surface area contributed by atoms with Gasteiger partial charge in [-0.3, -0.25) is 10.2 Å². The van der Waals surface area contributed by atoms with Crippen LogP contribution in [0.4, 0.5) is 0 Å². The summed E-state index contributed by atoms with van der Waals surface area (Å²) in [5.74, 6) is 6.67. The second kappa shape index (κ2) is 4.75. The van der Waals surface area contributed by atoms with Crippen molar-refractivity contribution in [2.45, 2.75) is 20.3 Å². The highest BCUT2D eigenvalue weighted by molar-refractivity contribution is 5.77. The molecule has 4 heteroatoms. The van der Waals surface area contributed by atoms with E-state index >= 15 is 0 Å². The van der Waals surface area contributed by atoms with Gasteiger partial charge in [-0.2, -0.15) is 0 Å². The first-order chi connectivity index (χ1) is 6.54. The number of amides is 1. The van der Waals surface area contributed by atoms with Crippen molar-refractivity contribution in [3.63, 3.8) is 0 Å². The minimum atomic E-state index is -0.0827. The van der Waals surface area contributed by atoms with Crippen LogP contribution in [-0.2, 0) is 4.79 Å². The summed E-state index contributed by atoms with van der Waals surface area (Å²) in [4.78, 5) is 13.4. The van der Waals surface area contributed by atoms with E-state index < -0.39 is 0 Å². The summed E-state index contributed by atoms with van der Waals surface area (Å²) in [5, 5.41) is 0. The molecule has 1 aliphatic carbocycles. The van der Waals surface area contributed by atoms with E-state index in [0.29, 0.717) is 0 Å². The molecule has 0 radical (unpaired) electrons. The van der Waals surface area contributed by atoms with E-state index in [2.05, 4.69) is 24.3 Å². The van der Waals surface area contributed by atoms with E-state index in [9.17, 15) is 4.79 Å². The quantitative estimate of drug-likeness (QED) is 0.378. The molecule has 0 spiro atoms. The molecule has 4 nitrogen and oxygen atoms in total. The molecule has 1 saturated carbocycles. The molecule has 1 fully saturated rings. The van der Waals surface area contributed by atoms with Gasteiger partial charge >= 0.3 is 0 Å². The van der Waals surface area contributed by atoms with Crippen LogP contribution in [0.2, 0.25) is 0 Å². The normalized spacial score (nSPS) is 27.5. The van der Waals surface area contributed by atoms with Crippen molar-refractivity contribution in [2.24, 2.45) is 23.6 Å². The largest absolute Gasteiger partial charge is 0.305 e. The number of nitrogens with one attached hydrogen (secondary N) is 1. The standard InChI is InChI=1S/C10H21N3O/c1-7-4-9(7)6-13(3)5-8(2)10(14)12-11/h7-9H,4-6,11H2,1-3H3,(H,12,14). The lowest BCUT2D eigenvalue weighted by molar-refractivity contribution is -0.125. The third kappa shape index (κ3) is 3.27. The van der Waals surface area contributed by atoms with Crippen molar-refractivity contribution in [3.05, 3.63) is 0 Å². The Morgan fingerprint density at radius 3 is 2.71 bits per heavy atom. The van der Waals surface area contributed by atoms with Crippen LogP contribution >= 0.6 is 0 Å². The van der Waals surface area contributed by atoms with Crippen molar-refractivity contribution in [3.8, 4) is 0 Å². The van der Waals surface area contributed by atoms with Crippen LogP contribution in [-0.4, -0.2) is 30.9 Å². The van der Waals surface area contributed by atoms with Crippen LogP contribution < -0.4 is 11.3 Å². The Hall–Kier alpha value is -0.610. The van der Waals surface area contributed by atoms with Crippen LogP contribution in [0.1, 0.15) is 20.3 Å². The van der Waals surface area contributed by atoms with Gasteiger partial charge in [-0.1, -0.05) is 13.8 Å². The SMILES string of the molecule is CC(CN(C)CC1CC1C)C(=O)NN. The van der Waals surface area contributed by atoms with Crippen molar-refractivity contribution in [1.82, 2.24) is 10.3 Å². The minimum absolute atomic E-state index is 0.0287. The molecule has 82 valence electrons. The number of hydrogen-bond acceptors (Lipinski definition) is 3. The first-order valence-electron chi connectivity index (χ1n) is 5.23. The maximum absolute atomic E-state index is 11.2. The number of carbonyl (C=O) groups excluding carboxylic acids is 1. The van der Waals surface area contributed by atoms with Crippen LogP contribution in [0.5, 0.6) is 0 Å². The number of carbonyl (C=O) groups is 1. The monoisotopic (exact) mass is 199 g/mol. The number of nitrogens with two attached hydrogens (primary N) is 1. The summed E-state index contributed by atoms with van der Waals surface area (Å²) in [6.45, 7) is 6.05. The highest BCUT2D eigenvalue weighted by Gasteiger charge is 2.33. The third-order valence-corrected chi connectivity index (χ3v) is 3.00. The molecule has 1 amide bonds. The Bertz CT molecular complexity index is 208. The predicted octanol–water partition coefficient (Wildman–Crippen LogP) is 0.200. The molecule has 1 aliphatic rings. The molecule has 0 aliphatic heterocycles. The van der Waals surface area contributed by atoms with Crippen LogP contribution in [0.3, 0.4) is 0 Å². The Morgan fingerprint density at radius 1 is 1.71 bits per heavy atom. The molecule has 0 aromatic carbocycles. The van der Waals surface area contributed by atoms with Crippen LogP contribution in [0, 0.1) is 17.8 Å². The molecule has 0 heterocycles. The molecule has 0 saturated heterocycles. The maximum atomic E-state index is 11.2. The molecule has 1 rings (SSSR count). The van der Waals surface area contributed by atoms with E-state index in [4.69, 9.17) is 5.84 Å². The fourth-order valence-corrected chi connectivity index (χ4v) is 1.82. The zero-order valence-corrected chi connectivity index (χ0v) is 9.29. The van der Waals surface area contributed by atoms with E-state index in [1.807, 2.05) is 6.92 Å². The van der Waals surface area contributed by atoms with Crippen molar-refractivity contribution < 1.29 is 4.79 Å². The average Bonchev–Trinajstić information content (AvgIpc) is 2.79. The fraction of sp³-hybridized carbons (Fsp3) is 0.900. The van der Waals surface area contributed by atoms with E-state index in [0.717, 1.165) is 24.9 Å². The summed E-state index contributed by atoms with van der Waals surface area (Å²) < 4.78 is 0.